The Bertz CT molecular complexity index is 435. The number of rotatable bonds is 7. The molecule has 0 unspecified atom stereocenters. The third-order valence-electron chi connectivity index (χ3n) is 2.93. The van der Waals surface area contributed by atoms with E-state index in [1.54, 1.807) is 6.07 Å². The number of benzene rings is 1. The molecule has 0 aliphatic rings. The number of para-hydroxylation sites is 1. The maximum absolute atomic E-state index is 11.0. The highest BCUT2D eigenvalue weighted by molar-refractivity contribution is 5.65. The molecule has 0 aromatic heterocycles. The number of nitrogens with two attached hydrogens (primary N) is 1. The van der Waals surface area contributed by atoms with Gasteiger partial charge in [0.1, 0.15) is 5.69 Å². The zero-order valence-electron chi connectivity index (χ0n) is 11.7. The third kappa shape index (κ3) is 4.18. The van der Waals surface area contributed by atoms with Crippen LogP contribution < -0.4 is 11.3 Å². The van der Waals surface area contributed by atoms with Gasteiger partial charge in [0.15, 0.2) is 0 Å². The first kappa shape index (κ1) is 15.4. The Labute approximate surface area is 113 Å². The molecule has 0 fully saturated rings. The van der Waals surface area contributed by atoms with E-state index in [2.05, 4.69) is 31.1 Å². The molecule has 1 rings (SSSR count). The van der Waals surface area contributed by atoms with Crippen LogP contribution in [0.2, 0.25) is 0 Å². The molecule has 0 bridgehead atoms. The van der Waals surface area contributed by atoms with E-state index < -0.39 is 4.92 Å². The van der Waals surface area contributed by atoms with Crippen LogP contribution >= 0.6 is 0 Å². The van der Waals surface area contributed by atoms with Crippen LogP contribution in [0.1, 0.15) is 26.3 Å². The van der Waals surface area contributed by atoms with E-state index in [0.29, 0.717) is 18.2 Å². The Hall–Kier alpha value is -1.66. The minimum atomic E-state index is -0.419. The number of hydrogen-bond acceptors (Lipinski definition) is 5. The lowest BCUT2D eigenvalue weighted by Crippen LogP contribution is -2.28. The highest BCUT2D eigenvalue weighted by Crippen LogP contribution is 2.28. The lowest BCUT2D eigenvalue weighted by Gasteiger charge is -2.23. The first-order chi connectivity index (χ1) is 8.99. The van der Waals surface area contributed by atoms with Gasteiger partial charge in [-0.05, 0) is 18.0 Å². The Morgan fingerprint density at radius 1 is 1.47 bits per heavy atom. The fourth-order valence-corrected chi connectivity index (χ4v) is 2.10. The first-order valence-corrected chi connectivity index (χ1v) is 6.44. The molecule has 0 radical (unpaired) electrons. The summed E-state index contributed by atoms with van der Waals surface area (Å²) < 4.78 is 0. The van der Waals surface area contributed by atoms with Crippen molar-refractivity contribution in [1.82, 2.24) is 4.90 Å². The van der Waals surface area contributed by atoms with Crippen molar-refractivity contribution >= 4 is 11.4 Å². The van der Waals surface area contributed by atoms with Crippen molar-refractivity contribution in [2.45, 2.75) is 27.3 Å². The monoisotopic (exact) mass is 266 g/mol. The number of hydrazine groups is 1. The summed E-state index contributed by atoms with van der Waals surface area (Å²) in [6.07, 6.45) is 0. The Balaban J connectivity index is 2.99. The van der Waals surface area contributed by atoms with Gasteiger partial charge in [-0.1, -0.05) is 32.9 Å². The van der Waals surface area contributed by atoms with Gasteiger partial charge >= 0.3 is 0 Å². The Morgan fingerprint density at radius 2 is 2.16 bits per heavy atom. The van der Waals surface area contributed by atoms with Crippen molar-refractivity contribution in [2.75, 3.05) is 18.5 Å². The van der Waals surface area contributed by atoms with Crippen LogP contribution in [-0.4, -0.2) is 22.9 Å². The van der Waals surface area contributed by atoms with Crippen molar-refractivity contribution in [1.29, 1.82) is 0 Å². The van der Waals surface area contributed by atoms with Crippen LogP contribution in [0.3, 0.4) is 0 Å². The average molecular weight is 266 g/mol. The molecule has 0 heterocycles. The summed E-state index contributed by atoms with van der Waals surface area (Å²) in [5.41, 5.74) is 3.72. The molecular weight excluding hydrogens is 244 g/mol. The summed E-state index contributed by atoms with van der Waals surface area (Å²) in [5, 5.41) is 11.0. The Kier molecular flexibility index (Phi) is 5.72. The fraction of sp³-hybridized carbons (Fsp3) is 0.538. The van der Waals surface area contributed by atoms with Gasteiger partial charge in [0.2, 0.25) is 0 Å². The molecule has 0 aliphatic carbocycles. The summed E-state index contributed by atoms with van der Waals surface area (Å²) >= 11 is 0. The van der Waals surface area contributed by atoms with Crippen LogP contribution in [0.25, 0.3) is 0 Å². The summed E-state index contributed by atoms with van der Waals surface area (Å²) in [6, 6.07) is 5.01. The van der Waals surface area contributed by atoms with E-state index in [9.17, 15) is 10.1 Å². The molecule has 0 spiro atoms. The SMILES string of the molecule is CCN(Cc1cccc([N+](=O)[O-])c1NN)CC(C)C. The van der Waals surface area contributed by atoms with E-state index in [4.69, 9.17) is 5.84 Å². The van der Waals surface area contributed by atoms with E-state index in [1.165, 1.54) is 6.07 Å². The number of hydrogen-bond donors (Lipinski definition) is 2. The second kappa shape index (κ2) is 7.06. The average Bonchev–Trinajstić information content (AvgIpc) is 2.36. The van der Waals surface area contributed by atoms with Crippen molar-refractivity contribution in [3.8, 4) is 0 Å². The molecule has 19 heavy (non-hydrogen) atoms. The molecule has 0 saturated carbocycles. The highest BCUT2D eigenvalue weighted by Gasteiger charge is 2.18. The zero-order chi connectivity index (χ0) is 14.4. The summed E-state index contributed by atoms with van der Waals surface area (Å²) in [6.45, 7) is 8.87. The molecular formula is C13H22N4O2. The maximum Gasteiger partial charge on any atom is 0.293 e. The molecule has 6 heteroatoms. The molecule has 3 N–H and O–H groups in total. The molecule has 0 atom stereocenters. The largest absolute Gasteiger partial charge is 0.318 e. The molecule has 0 saturated heterocycles. The van der Waals surface area contributed by atoms with Gasteiger partial charge in [0, 0.05) is 19.2 Å². The van der Waals surface area contributed by atoms with E-state index in [-0.39, 0.29) is 5.69 Å². The molecule has 0 amide bonds. The molecule has 6 nitrogen and oxygen atoms in total. The minimum Gasteiger partial charge on any atom is -0.318 e. The second-order valence-corrected chi connectivity index (χ2v) is 4.93. The highest BCUT2D eigenvalue weighted by atomic mass is 16.6. The number of nitro groups is 1. The topological polar surface area (TPSA) is 84.4 Å². The minimum absolute atomic E-state index is 0.0144. The lowest BCUT2D eigenvalue weighted by molar-refractivity contribution is -0.384. The zero-order valence-corrected chi connectivity index (χ0v) is 11.7. The van der Waals surface area contributed by atoms with Gasteiger partial charge in [0.25, 0.3) is 5.69 Å². The van der Waals surface area contributed by atoms with Gasteiger partial charge in [-0.25, -0.2) is 0 Å². The second-order valence-electron chi connectivity index (χ2n) is 4.93. The van der Waals surface area contributed by atoms with Gasteiger partial charge in [-0.3, -0.25) is 20.9 Å². The number of nitrogen functional groups attached to an aromatic ring is 1. The van der Waals surface area contributed by atoms with Crippen molar-refractivity contribution in [3.63, 3.8) is 0 Å². The lowest BCUT2D eigenvalue weighted by atomic mass is 10.1. The fourth-order valence-electron chi connectivity index (χ4n) is 2.10. The molecule has 0 aliphatic heterocycles. The van der Waals surface area contributed by atoms with Gasteiger partial charge in [0.05, 0.1) is 4.92 Å². The predicted molar refractivity (Wildman–Crippen MR) is 76.7 cm³/mol. The molecule has 1 aromatic carbocycles. The van der Waals surface area contributed by atoms with Crippen LogP contribution in [0.5, 0.6) is 0 Å². The summed E-state index contributed by atoms with van der Waals surface area (Å²) in [5.74, 6) is 5.98. The van der Waals surface area contributed by atoms with Gasteiger partial charge in [-0.2, -0.15) is 0 Å². The summed E-state index contributed by atoms with van der Waals surface area (Å²) in [4.78, 5) is 12.8. The number of nitro benzene ring substituents is 1. The number of nitrogens with one attached hydrogen (secondary N) is 1. The third-order valence-corrected chi connectivity index (χ3v) is 2.93. The molecule has 106 valence electrons. The number of anilines is 1. The Morgan fingerprint density at radius 3 is 2.63 bits per heavy atom. The first-order valence-electron chi connectivity index (χ1n) is 6.44. The molecule has 1 aromatic rings. The standard InChI is InChI=1S/C13H22N4O2/c1-4-16(8-10(2)3)9-11-6-5-7-12(17(18)19)13(11)15-14/h5-7,10,15H,4,8-9,14H2,1-3H3. The van der Waals surface area contributed by atoms with Crippen molar-refractivity contribution in [2.24, 2.45) is 11.8 Å². The van der Waals surface area contributed by atoms with E-state index in [0.717, 1.165) is 18.7 Å². The predicted octanol–water partition coefficient (Wildman–Crippen LogP) is 2.36. The van der Waals surface area contributed by atoms with Crippen LogP contribution in [0.15, 0.2) is 18.2 Å². The van der Waals surface area contributed by atoms with Crippen molar-refractivity contribution in [3.05, 3.63) is 33.9 Å². The number of nitrogens with zero attached hydrogens (tertiary/aromatic N) is 2. The van der Waals surface area contributed by atoms with E-state index in [1.807, 2.05) is 6.07 Å². The van der Waals surface area contributed by atoms with Gasteiger partial charge < -0.3 is 5.43 Å². The smallest absolute Gasteiger partial charge is 0.293 e. The summed E-state index contributed by atoms with van der Waals surface area (Å²) in [7, 11) is 0. The maximum atomic E-state index is 11.0. The van der Waals surface area contributed by atoms with Crippen LogP contribution in [0, 0.1) is 16.0 Å². The van der Waals surface area contributed by atoms with Crippen molar-refractivity contribution < 1.29 is 4.92 Å². The van der Waals surface area contributed by atoms with Crippen LogP contribution in [-0.2, 0) is 6.54 Å². The van der Waals surface area contributed by atoms with E-state index >= 15 is 0 Å². The quantitative estimate of drug-likeness (QED) is 0.449. The van der Waals surface area contributed by atoms with Crippen LogP contribution in [0.4, 0.5) is 11.4 Å². The normalized spacial score (nSPS) is 11.1. The van der Waals surface area contributed by atoms with Gasteiger partial charge in [-0.15, -0.1) is 0 Å².